The van der Waals surface area contributed by atoms with E-state index in [1.54, 1.807) is 36.7 Å². The van der Waals surface area contributed by atoms with Crippen LogP contribution in [-0.2, 0) is 23.1 Å². The molecule has 0 saturated carbocycles. The van der Waals surface area contributed by atoms with Gasteiger partial charge in [-0.05, 0) is 42.3 Å². The quantitative estimate of drug-likeness (QED) is 0.633. The Hall–Kier alpha value is -2.70. The van der Waals surface area contributed by atoms with Crippen LogP contribution in [0.15, 0.2) is 77.0 Å². The van der Waals surface area contributed by atoms with E-state index in [1.165, 1.54) is 16.0 Å². The van der Waals surface area contributed by atoms with Gasteiger partial charge < -0.3 is 4.42 Å². The highest BCUT2D eigenvalue weighted by molar-refractivity contribution is 7.92. The van der Waals surface area contributed by atoms with Gasteiger partial charge in [-0.15, -0.1) is 0 Å². The fraction of sp³-hybridized carbons (Fsp3) is 0.150. The number of aryl methyl sites for hydroxylation is 1. The Morgan fingerprint density at radius 3 is 2.54 bits per heavy atom. The van der Waals surface area contributed by atoms with Crippen LogP contribution in [-0.4, -0.2) is 17.7 Å². The Labute approximate surface area is 153 Å². The molecule has 0 N–H and O–H groups in total. The van der Waals surface area contributed by atoms with Crippen molar-refractivity contribution in [2.24, 2.45) is 0 Å². The van der Waals surface area contributed by atoms with Crippen LogP contribution in [0.3, 0.4) is 0 Å². The van der Waals surface area contributed by atoms with E-state index >= 15 is 0 Å². The van der Waals surface area contributed by atoms with Crippen molar-refractivity contribution in [2.75, 3.05) is 0 Å². The lowest BCUT2D eigenvalue weighted by molar-refractivity contribution is 0.362. The van der Waals surface area contributed by atoms with Gasteiger partial charge >= 0.3 is 0 Å². The summed E-state index contributed by atoms with van der Waals surface area (Å²) in [4.78, 5) is 4.06. The summed E-state index contributed by atoms with van der Waals surface area (Å²) in [5, 5.41) is 1.23. The normalized spacial score (nSPS) is 12.1. The Morgan fingerprint density at radius 2 is 1.88 bits per heavy atom. The minimum absolute atomic E-state index is 0.155. The number of benzene rings is 1. The molecule has 26 heavy (non-hydrogen) atoms. The van der Waals surface area contributed by atoms with Gasteiger partial charge in [-0.25, -0.2) is 8.42 Å². The molecule has 0 amide bonds. The standard InChI is InChI=1S/C20H20N2O3S/c1-17-6-8-18(9-7-17)10-13-26(23,24)22(16-20-5-3-12-25-20)15-19-4-2-11-21-14-19/h2-14H,15-16H2,1H3. The molecule has 0 fully saturated rings. The smallest absolute Gasteiger partial charge is 0.236 e. The molecule has 0 aliphatic rings. The molecule has 3 rings (SSSR count). The Balaban J connectivity index is 1.84. The summed E-state index contributed by atoms with van der Waals surface area (Å²) in [6.07, 6.45) is 6.46. The molecule has 0 atom stereocenters. The number of rotatable bonds is 7. The topological polar surface area (TPSA) is 63.4 Å². The molecule has 6 heteroatoms. The molecule has 134 valence electrons. The molecule has 0 unspecified atom stereocenters. The number of pyridine rings is 1. The molecular formula is C20H20N2O3S. The summed E-state index contributed by atoms with van der Waals surface area (Å²) in [5.41, 5.74) is 2.77. The second-order valence-corrected chi connectivity index (χ2v) is 7.79. The summed E-state index contributed by atoms with van der Waals surface area (Å²) in [6.45, 7) is 2.36. The second kappa shape index (κ2) is 8.12. The zero-order valence-corrected chi connectivity index (χ0v) is 15.3. The molecule has 1 aromatic carbocycles. The maximum atomic E-state index is 12.9. The summed E-state index contributed by atoms with van der Waals surface area (Å²) >= 11 is 0. The number of hydrogen-bond acceptors (Lipinski definition) is 4. The molecule has 5 nitrogen and oxygen atoms in total. The average Bonchev–Trinajstić information content (AvgIpc) is 3.15. The van der Waals surface area contributed by atoms with E-state index in [1.807, 2.05) is 37.3 Å². The number of hydrogen-bond donors (Lipinski definition) is 0. The monoisotopic (exact) mass is 368 g/mol. The molecule has 0 saturated heterocycles. The first kappa shape index (κ1) is 18.1. The Morgan fingerprint density at radius 1 is 1.08 bits per heavy atom. The molecule has 0 aliphatic heterocycles. The first-order chi connectivity index (χ1) is 12.5. The van der Waals surface area contributed by atoms with Crippen LogP contribution in [0, 0.1) is 6.92 Å². The van der Waals surface area contributed by atoms with Crippen molar-refractivity contribution in [2.45, 2.75) is 20.0 Å². The minimum Gasteiger partial charge on any atom is -0.468 e. The van der Waals surface area contributed by atoms with Crippen LogP contribution in [0.1, 0.15) is 22.5 Å². The van der Waals surface area contributed by atoms with Gasteiger partial charge in [-0.3, -0.25) is 4.98 Å². The number of nitrogens with zero attached hydrogens (tertiary/aromatic N) is 2. The zero-order valence-electron chi connectivity index (χ0n) is 14.4. The van der Waals surface area contributed by atoms with Crippen molar-refractivity contribution in [3.8, 4) is 0 Å². The number of furan rings is 1. The first-order valence-corrected chi connectivity index (χ1v) is 9.69. The Kier molecular flexibility index (Phi) is 5.65. The summed E-state index contributed by atoms with van der Waals surface area (Å²) < 4.78 is 32.5. The van der Waals surface area contributed by atoms with Gasteiger partial charge in [0, 0.05) is 24.3 Å². The highest BCUT2D eigenvalue weighted by atomic mass is 32.2. The fourth-order valence-electron chi connectivity index (χ4n) is 2.44. The van der Waals surface area contributed by atoms with Crippen LogP contribution in [0.5, 0.6) is 0 Å². The van der Waals surface area contributed by atoms with Crippen molar-refractivity contribution in [3.63, 3.8) is 0 Å². The predicted octanol–water partition coefficient (Wildman–Crippen LogP) is 3.99. The number of aromatic nitrogens is 1. The summed E-state index contributed by atoms with van der Waals surface area (Å²) in [6, 6.07) is 14.8. The minimum atomic E-state index is -3.64. The SMILES string of the molecule is Cc1ccc(C=CS(=O)(=O)N(Cc2cccnc2)Cc2ccco2)cc1. The van der Waals surface area contributed by atoms with Gasteiger partial charge in [-0.1, -0.05) is 35.9 Å². The van der Waals surface area contributed by atoms with Crippen molar-refractivity contribution >= 4 is 16.1 Å². The van der Waals surface area contributed by atoms with Gasteiger partial charge in [-0.2, -0.15) is 4.31 Å². The molecular weight excluding hydrogens is 348 g/mol. The van der Waals surface area contributed by atoms with Crippen molar-refractivity contribution in [1.82, 2.24) is 9.29 Å². The zero-order chi connectivity index (χ0) is 18.4. The molecule has 0 aliphatic carbocycles. The van der Waals surface area contributed by atoms with E-state index < -0.39 is 10.0 Å². The van der Waals surface area contributed by atoms with Crippen molar-refractivity contribution < 1.29 is 12.8 Å². The van der Waals surface area contributed by atoms with Gasteiger partial charge in [0.15, 0.2) is 0 Å². The van der Waals surface area contributed by atoms with Crippen LogP contribution >= 0.6 is 0 Å². The third-order valence-corrected chi connectivity index (χ3v) is 5.32. The molecule has 3 aromatic rings. The Bertz CT molecular complexity index is 948. The molecule has 2 heterocycles. The van der Waals surface area contributed by atoms with Gasteiger partial charge in [0.2, 0.25) is 10.0 Å². The van der Waals surface area contributed by atoms with E-state index in [0.717, 1.165) is 16.7 Å². The largest absolute Gasteiger partial charge is 0.468 e. The van der Waals surface area contributed by atoms with Crippen LogP contribution in [0.25, 0.3) is 6.08 Å². The lowest BCUT2D eigenvalue weighted by Gasteiger charge is -2.19. The van der Waals surface area contributed by atoms with Gasteiger partial charge in [0.25, 0.3) is 0 Å². The lowest BCUT2D eigenvalue weighted by Crippen LogP contribution is -2.28. The third-order valence-electron chi connectivity index (χ3n) is 3.86. The van der Waals surface area contributed by atoms with E-state index in [2.05, 4.69) is 4.98 Å². The van der Waals surface area contributed by atoms with Gasteiger partial charge in [0.1, 0.15) is 5.76 Å². The van der Waals surface area contributed by atoms with E-state index in [0.29, 0.717) is 5.76 Å². The molecule has 0 bridgehead atoms. The number of sulfonamides is 1. The second-order valence-electron chi connectivity index (χ2n) is 5.97. The summed E-state index contributed by atoms with van der Waals surface area (Å²) in [7, 11) is -3.64. The molecule has 0 spiro atoms. The van der Waals surface area contributed by atoms with Crippen molar-refractivity contribution in [3.05, 3.63) is 95.0 Å². The van der Waals surface area contributed by atoms with E-state index in [-0.39, 0.29) is 13.1 Å². The highest BCUT2D eigenvalue weighted by Gasteiger charge is 2.21. The van der Waals surface area contributed by atoms with Crippen molar-refractivity contribution in [1.29, 1.82) is 0 Å². The van der Waals surface area contributed by atoms with Crippen LogP contribution < -0.4 is 0 Å². The van der Waals surface area contributed by atoms with Gasteiger partial charge in [0.05, 0.1) is 12.8 Å². The molecule has 2 aromatic heterocycles. The average molecular weight is 368 g/mol. The highest BCUT2D eigenvalue weighted by Crippen LogP contribution is 2.17. The fourth-order valence-corrected chi connectivity index (χ4v) is 3.57. The maximum absolute atomic E-state index is 12.9. The molecule has 0 radical (unpaired) electrons. The first-order valence-electron chi connectivity index (χ1n) is 8.19. The van der Waals surface area contributed by atoms with Crippen LogP contribution in [0.2, 0.25) is 0 Å². The van der Waals surface area contributed by atoms with E-state index in [9.17, 15) is 8.42 Å². The van der Waals surface area contributed by atoms with E-state index in [4.69, 9.17) is 4.42 Å². The predicted molar refractivity (Wildman–Crippen MR) is 101 cm³/mol. The summed E-state index contributed by atoms with van der Waals surface area (Å²) in [5.74, 6) is 0.584. The lowest BCUT2D eigenvalue weighted by atomic mass is 10.2. The van der Waals surface area contributed by atoms with Crippen LogP contribution in [0.4, 0.5) is 0 Å². The third kappa shape index (κ3) is 4.91. The maximum Gasteiger partial charge on any atom is 0.236 e.